The minimum Gasteiger partial charge on any atom is -0.480 e. The van der Waals surface area contributed by atoms with Gasteiger partial charge in [0.15, 0.2) is 8.32 Å². The van der Waals surface area contributed by atoms with Crippen LogP contribution in [-0.4, -0.2) is 64.1 Å². The molecule has 0 radical (unpaired) electrons. The third-order valence-corrected chi connectivity index (χ3v) is 9.74. The molecule has 1 rings (SSSR count). The monoisotopic (exact) mass is 440 g/mol. The van der Waals surface area contributed by atoms with Gasteiger partial charge in [-0.1, -0.05) is 32.4 Å². The Labute approximate surface area is 183 Å². The van der Waals surface area contributed by atoms with Crippen molar-refractivity contribution in [3.63, 3.8) is 0 Å². The summed E-state index contributed by atoms with van der Waals surface area (Å²) in [5, 5.41) is -0.0688. The zero-order chi connectivity index (χ0) is 23.2. The lowest BCUT2D eigenvalue weighted by Gasteiger charge is -2.43. The molecular formula is C22H40N2O5Si. The molecule has 0 saturated carbocycles. The SMILES string of the molecule is CCOC(=O)[C@]1([C@H](C=C(C)C)O[Si](C)(C)C(C)(C)C)N=C(OCC)CN=C1OCC. The molecule has 0 spiro atoms. The maximum Gasteiger partial charge on any atom is 0.346 e. The highest BCUT2D eigenvalue weighted by Gasteiger charge is 2.57. The molecule has 0 saturated heterocycles. The highest BCUT2D eigenvalue weighted by atomic mass is 28.4. The number of rotatable bonds is 8. The lowest BCUT2D eigenvalue weighted by atomic mass is 9.90. The molecule has 2 atom stereocenters. The van der Waals surface area contributed by atoms with Crippen molar-refractivity contribution in [3.05, 3.63) is 11.6 Å². The Morgan fingerprint density at radius 1 is 1.13 bits per heavy atom. The average Bonchev–Trinajstić information content (AvgIpc) is 2.61. The summed E-state index contributed by atoms with van der Waals surface area (Å²) < 4.78 is 23.8. The molecule has 1 aliphatic rings. The van der Waals surface area contributed by atoms with Gasteiger partial charge in [0.2, 0.25) is 11.8 Å². The molecule has 0 aromatic rings. The fraction of sp³-hybridized carbons (Fsp3) is 0.773. The van der Waals surface area contributed by atoms with Crippen LogP contribution in [0, 0.1) is 0 Å². The fourth-order valence-electron chi connectivity index (χ4n) is 2.79. The van der Waals surface area contributed by atoms with Crippen molar-refractivity contribution in [2.24, 2.45) is 9.98 Å². The highest BCUT2D eigenvalue weighted by molar-refractivity contribution is 6.74. The van der Waals surface area contributed by atoms with Crippen LogP contribution in [0.15, 0.2) is 21.6 Å². The van der Waals surface area contributed by atoms with E-state index in [4.69, 9.17) is 23.6 Å². The molecule has 0 aliphatic carbocycles. The number of hydrogen-bond donors (Lipinski definition) is 0. The molecule has 30 heavy (non-hydrogen) atoms. The number of esters is 1. The van der Waals surface area contributed by atoms with Crippen LogP contribution in [0.5, 0.6) is 0 Å². The van der Waals surface area contributed by atoms with Crippen molar-refractivity contribution < 1.29 is 23.4 Å². The quantitative estimate of drug-likeness (QED) is 0.315. The molecule has 0 aromatic heterocycles. The summed E-state index contributed by atoms with van der Waals surface area (Å²) in [4.78, 5) is 22.8. The molecule has 0 bridgehead atoms. The number of ether oxygens (including phenoxy) is 3. The first-order valence-corrected chi connectivity index (χ1v) is 13.7. The van der Waals surface area contributed by atoms with Gasteiger partial charge in [-0.05, 0) is 52.8 Å². The Kier molecular flexibility index (Phi) is 9.29. The van der Waals surface area contributed by atoms with Crippen molar-refractivity contribution >= 4 is 26.1 Å². The standard InChI is InChI=1S/C22H40N2O5Si/c1-11-26-18-15-23-19(27-12-2)22(24-18,20(25)28-13-3)17(14-16(4)5)29-30(9,10)21(6,7)8/h14,17H,11-13,15H2,1-10H3/t17-,22+/m0/s1. The van der Waals surface area contributed by atoms with Crippen LogP contribution in [0.25, 0.3) is 0 Å². The van der Waals surface area contributed by atoms with Crippen molar-refractivity contribution in [1.82, 2.24) is 0 Å². The van der Waals surface area contributed by atoms with Crippen LogP contribution in [-0.2, 0) is 23.4 Å². The number of nitrogens with zero attached hydrogens (tertiary/aromatic N) is 2. The van der Waals surface area contributed by atoms with E-state index in [-0.39, 0.29) is 24.1 Å². The predicted molar refractivity (Wildman–Crippen MR) is 124 cm³/mol. The van der Waals surface area contributed by atoms with Crippen molar-refractivity contribution in [1.29, 1.82) is 0 Å². The Morgan fingerprint density at radius 2 is 1.73 bits per heavy atom. The number of carbonyl (C=O) groups is 1. The minimum absolute atomic E-state index is 0.0688. The lowest BCUT2D eigenvalue weighted by Crippen LogP contribution is -2.61. The summed E-state index contributed by atoms with van der Waals surface area (Å²) in [5.74, 6) is 0.0448. The second kappa shape index (κ2) is 10.6. The van der Waals surface area contributed by atoms with Gasteiger partial charge in [0.05, 0.1) is 19.8 Å². The zero-order valence-electron chi connectivity index (χ0n) is 20.4. The third-order valence-electron chi connectivity index (χ3n) is 5.29. The first-order valence-electron chi connectivity index (χ1n) is 10.7. The van der Waals surface area contributed by atoms with E-state index in [9.17, 15) is 4.79 Å². The number of aliphatic imine (C=N–C) groups is 2. The van der Waals surface area contributed by atoms with Gasteiger partial charge in [-0.15, -0.1) is 0 Å². The van der Waals surface area contributed by atoms with E-state index in [1.54, 1.807) is 6.92 Å². The molecule has 0 fully saturated rings. The fourth-order valence-corrected chi connectivity index (χ4v) is 4.02. The number of carbonyl (C=O) groups excluding carboxylic acids is 1. The molecule has 1 heterocycles. The van der Waals surface area contributed by atoms with Gasteiger partial charge in [-0.3, -0.25) is 0 Å². The van der Waals surface area contributed by atoms with E-state index in [1.165, 1.54) is 0 Å². The molecule has 8 heteroatoms. The summed E-state index contributed by atoms with van der Waals surface area (Å²) in [5.41, 5.74) is -0.585. The van der Waals surface area contributed by atoms with Gasteiger partial charge < -0.3 is 18.6 Å². The van der Waals surface area contributed by atoms with Crippen LogP contribution in [0.4, 0.5) is 0 Å². The van der Waals surface area contributed by atoms with Crippen LogP contribution in [0.1, 0.15) is 55.4 Å². The van der Waals surface area contributed by atoms with E-state index in [0.29, 0.717) is 19.1 Å². The molecule has 172 valence electrons. The molecule has 7 nitrogen and oxygen atoms in total. The molecule has 1 aliphatic heterocycles. The Bertz CT molecular complexity index is 690. The Hall–Kier alpha value is -1.67. The van der Waals surface area contributed by atoms with Gasteiger partial charge in [0.1, 0.15) is 12.6 Å². The highest BCUT2D eigenvalue weighted by Crippen LogP contribution is 2.40. The van der Waals surface area contributed by atoms with Gasteiger partial charge in [-0.25, -0.2) is 14.8 Å². The number of allylic oxidation sites excluding steroid dienone is 1. The van der Waals surface area contributed by atoms with E-state index >= 15 is 0 Å². The Balaban J connectivity index is 3.77. The lowest BCUT2D eigenvalue weighted by molar-refractivity contribution is -0.149. The van der Waals surface area contributed by atoms with Crippen LogP contribution < -0.4 is 0 Å². The summed E-state index contributed by atoms with van der Waals surface area (Å²) in [7, 11) is -2.30. The molecular weight excluding hydrogens is 400 g/mol. The van der Waals surface area contributed by atoms with Crippen molar-refractivity contribution in [2.45, 2.75) is 85.2 Å². The minimum atomic E-state index is -2.30. The first kappa shape index (κ1) is 26.4. The van der Waals surface area contributed by atoms with Crippen LogP contribution in [0.3, 0.4) is 0 Å². The van der Waals surface area contributed by atoms with Gasteiger partial charge in [0.25, 0.3) is 5.54 Å². The smallest absolute Gasteiger partial charge is 0.346 e. The Morgan fingerprint density at radius 3 is 2.20 bits per heavy atom. The second-order valence-corrected chi connectivity index (χ2v) is 13.8. The summed E-state index contributed by atoms with van der Waals surface area (Å²) >= 11 is 0. The number of hydrogen-bond acceptors (Lipinski definition) is 7. The topological polar surface area (TPSA) is 78.7 Å². The zero-order valence-corrected chi connectivity index (χ0v) is 21.4. The van der Waals surface area contributed by atoms with E-state index < -0.39 is 25.9 Å². The largest absolute Gasteiger partial charge is 0.480 e. The maximum atomic E-state index is 13.5. The molecule has 0 aromatic carbocycles. The maximum absolute atomic E-state index is 13.5. The van der Waals surface area contributed by atoms with Crippen LogP contribution >= 0.6 is 0 Å². The summed E-state index contributed by atoms with van der Waals surface area (Å²) in [6, 6.07) is 0. The van der Waals surface area contributed by atoms with Crippen molar-refractivity contribution in [3.8, 4) is 0 Å². The van der Waals surface area contributed by atoms with Crippen LogP contribution in [0.2, 0.25) is 18.1 Å². The molecule has 0 N–H and O–H groups in total. The second-order valence-electron chi connectivity index (χ2n) is 9.02. The normalized spacial score (nSPS) is 20.6. The van der Waals surface area contributed by atoms with Gasteiger partial charge in [-0.2, -0.15) is 0 Å². The predicted octanol–water partition coefficient (Wildman–Crippen LogP) is 4.53. The average molecular weight is 441 g/mol. The summed E-state index contributed by atoms with van der Waals surface area (Å²) in [6.07, 6.45) is 1.19. The third kappa shape index (κ3) is 5.94. The van der Waals surface area contributed by atoms with E-state index in [1.807, 2.05) is 33.8 Å². The summed E-state index contributed by atoms with van der Waals surface area (Å²) in [6.45, 7) is 21.4. The molecule has 0 amide bonds. The molecule has 0 unspecified atom stereocenters. The van der Waals surface area contributed by atoms with Gasteiger partial charge in [0, 0.05) is 0 Å². The van der Waals surface area contributed by atoms with E-state index in [0.717, 1.165) is 5.57 Å². The van der Waals surface area contributed by atoms with Crippen molar-refractivity contribution in [2.75, 3.05) is 26.4 Å². The van der Waals surface area contributed by atoms with Gasteiger partial charge >= 0.3 is 5.97 Å². The first-order chi connectivity index (χ1) is 13.9. The van der Waals surface area contributed by atoms with E-state index in [2.05, 4.69) is 38.9 Å².